The van der Waals surface area contributed by atoms with Gasteiger partial charge in [0.05, 0.1) is 12.9 Å². The van der Waals surface area contributed by atoms with E-state index in [1.165, 1.54) is 36.5 Å². The summed E-state index contributed by atoms with van der Waals surface area (Å²) in [6.07, 6.45) is 5.08. The summed E-state index contributed by atoms with van der Waals surface area (Å²) in [5.74, 6) is 0.621. The first-order valence-corrected chi connectivity index (χ1v) is 9.20. The first-order chi connectivity index (χ1) is 12.5. The number of anilines is 1. The topological polar surface area (TPSA) is 126 Å². The Balaban J connectivity index is 1.66. The number of imidazole rings is 1. The minimum absolute atomic E-state index is 0.347. The van der Waals surface area contributed by atoms with Gasteiger partial charge in [-0.15, -0.1) is 0 Å². The van der Waals surface area contributed by atoms with Crippen LogP contribution in [0.1, 0.15) is 38.3 Å². The SMILES string of the molecule is OC[C@H]1O[C@@H](n2cnc3c(NC4CCCCC4)ncnc32)[C@@](O)(Cl)[C@@H]1O. The Hall–Kier alpha value is -1.52. The predicted molar refractivity (Wildman–Crippen MR) is 93.6 cm³/mol. The van der Waals surface area contributed by atoms with Crippen LogP contribution in [-0.2, 0) is 4.74 Å². The minimum atomic E-state index is -2.11. The molecule has 10 heteroatoms. The van der Waals surface area contributed by atoms with Crippen LogP contribution >= 0.6 is 11.6 Å². The molecule has 0 spiro atoms. The van der Waals surface area contributed by atoms with Gasteiger partial charge < -0.3 is 25.4 Å². The highest BCUT2D eigenvalue weighted by Crippen LogP contribution is 2.42. The van der Waals surface area contributed by atoms with E-state index < -0.39 is 30.1 Å². The molecular weight excluding hydrogens is 362 g/mol. The fourth-order valence-electron chi connectivity index (χ4n) is 3.72. The number of aliphatic hydroxyl groups excluding tert-OH is 2. The Bertz CT molecular complexity index is 779. The van der Waals surface area contributed by atoms with Crippen LogP contribution in [0.4, 0.5) is 5.82 Å². The molecule has 0 bridgehead atoms. The third-order valence-corrected chi connectivity index (χ3v) is 5.56. The van der Waals surface area contributed by atoms with Crippen molar-refractivity contribution in [2.24, 2.45) is 0 Å². The van der Waals surface area contributed by atoms with Crippen molar-refractivity contribution in [1.82, 2.24) is 19.5 Å². The van der Waals surface area contributed by atoms with Gasteiger partial charge in [-0.3, -0.25) is 4.57 Å². The zero-order valence-electron chi connectivity index (χ0n) is 14.1. The van der Waals surface area contributed by atoms with Crippen LogP contribution in [0.15, 0.2) is 12.7 Å². The van der Waals surface area contributed by atoms with Crippen LogP contribution < -0.4 is 5.32 Å². The Morgan fingerprint density at radius 3 is 2.73 bits per heavy atom. The zero-order valence-corrected chi connectivity index (χ0v) is 14.9. The number of rotatable bonds is 4. The van der Waals surface area contributed by atoms with Gasteiger partial charge >= 0.3 is 0 Å². The van der Waals surface area contributed by atoms with Crippen molar-refractivity contribution in [3.05, 3.63) is 12.7 Å². The van der Waals surface area contributed by atoms with Crippen molar-refractivity contribution >= 4 is 28.6 Å². The Morgan fingerprint density at radius 1 is 1.27 bits per heavy atom. The van der Waals surface area contributed by atoms with Crippen LogP contribution in [0.5, 0.6) is 0 Å². The smallest absolute Gasteiger partial charge is 0.212 e. The molecule has 0 aromatic carbocycles. The third kappa shape index (κ3) is 2.93. The molecular formula is C16H22ClN5O4. The number of nitrogens with zero attached hydrogens (tertiary/aromatic N) is 4. The molecule has 26 heavy (non-hydrogen) atoms. The van der Waals surface area contributed by atoms with E-state index in [1.807, 2.05) is 0 Å². The second-order valence-electron chi connectivity index (χ2n) is 6.91. The van der Waals surface area contributed by atoms with E-state index in [0.29, 0.717) is 23.0 Å². The number of fused-ring (bicyclic) bond motifs is 1. The van der Waals surface area contributed by atoms with E-state index in [1.54, 1.807) is 0 Å². The van der Waals surface area contributed by atoms with Crippen LogP contribution in [-0.4, -0.2) is 64.8 Å². The van der Waals surface area contributed by atoms with Crippen LogP contribution in [0.2, 0.25) is 0 Å². The van der Waals surface area contributed by atoms with Crippen molar-refractivity contribution < 1.29 is 20.1 Å². The van der Waals surface area contributed by atoms with E-state index in [-0.39, 0.29) is 0 Å². The van der Waals surface area contributed by atoms with Crippen molar-refractivity contribution in [1.29, 1.82) is 0 Å². The van der Waals surface area contributed by atoms with Crippen molar-refractivity contribution in [2.75, 3.05) is 11.9 Å². The highest BCUT2D eigenvalue weighted by molar-refractivity contribution is 6.23. The third-order valence-electron chi connectivity index (χ3n) is 5.15. The molecule has 1 saturated heterocycles. The molecule has 4 N–H and O–H groups in total. The van der Waals surface area contributed by atoms with Crippen molar-refractivity contribution in [2.45, 2.75) is 61.6 Å². The lowest BCUT2D eigenvalue weighted by Crippen LogP contribution is -2.42. The summed E-state index contributed by atoms with van der Waals surface area (Å²) in [6, 6.07) is 0.347. The van der Waals surface area contributed by atoms with Crippen LogP contribution in [0.3, 0.4) is 0 Å². The lowest BCUT2D eigenvalue weighted by Gasteiger charge is -2.25. The first-order valence-electron chi connectivity index (χ1n) is 8.82. The molecule has 4 rings (SSSR count). The summed E-state index contributed by atoms with van der Waals surface area (Å²) in [5, 5.41) is 31.2. The first kappa shape index (κ1) is 17.9. The maximum absolute atomic E-state index is 10.5. The van der Waals surface area contributed by atoms with E-state index in [2.05, 4.69) is 20.3 Å². The van der Waals surface area contributed by atoms with Gasteiger partial charge in [0.1, 0.15) is 18.5 Å². The second kappa shape index (κ2) is 6.90. The fraction of sp³-hybridized carbons (Fsp3) is 0.688. The van der Waals surface area contributed by atoms with Gasteiger partial charge in [-0.05, 0) is 12.8 Å². The highest BCUT2D eigenvalue weighted by Gasteiger charge is 2.55. The summed E-state index contributed by atoms with van der Waals surface area (Å²) in [6.45, 7) is -0.469. The van der Waals surface area contributed by atoms with E-state index in [9.17, 15) is 15.3 Å². The van der Waals surface area contributed by atoms with E-state index >= 15 is 0 Å². The Kier molecular flexibility index (Phi) is 4.74. The van der Waals surface area contributed by atoms with Crippen molar-refractivity contribution in [3.8, 4) is 0 Å². The lowest BCUT2D eigenvalue weighted by molar-refractivity contribution is -0.0612. The maximum atomic E-state index is 10.5. The second-order valence-corrected chi connectivity index (χ2v) is 7.51. The fourth-order valence-corrected chi connectivity index (χ4v) is 4.01. The standard InChI is InChI=1S/C16H22ClN5O4/c17-16(25)12(24)10(6-23)26-15(16)22-8-20-11-13(18-7-19-14(11)22)21-9-4-2-1-3-5-9/h7-10,12,15,23-25H,1-6H2,(H,18,19,21)/t10-,12-,15-,16-/m1/s1. The van der Waals surface area contributed by atoms with E-state index in [0.717, 1.165) is 12.8 Å². The number of aromatic nitrogens is 4. The Morgan fingerprint density at radius 2 is 2.04 bits per heavy atom. The van der Waals surface area contributed by atoms with Gasteiger partial charge in [0.25, 0.3) is 0 Å². The monoisotopic (exact) mass is 383 g/mol. The maximum Gasteiger partial charge on any atom is 0.212 e. The molecule has 2 aromatic rings. The summed E-state index contributed by atoms with van der Waals surface area (Å²) in [5.41, 5.74) is 0.962. The molecule has 0 amide bonds. The molecule has 2 aliphatic rings. The number of nitrogens with one attached hydrogen (secondary N) is 1. The molecule has 1 saturated carbocycles. The van der Waals surface area contributed by atoms with Gasteiger partial charge in [0.15, 0.2) is 23.2 Å². The summed E-state index contributed by atoms with van der Waals surface area (Å²) in [4.78, 5) is 12.9. The molecule has 9 nitrogen and oxygen atoms in total. The number of hydrogen-bond donors (Lipinski definition) is 4. The average Bonchev–Trinajstić information content (AvgIpc) is 3.16. The van der Waals surface area contributed by atoms with Gasteiger partial charge in [0, 0.05) is 6.04 Å². The highest BCUT2D eigenvalue weighted by atomic mass is 35.5. The van der Waals surface area contributed by atoms with Crippen LogP contribution in [0.25, 0.3) is 11.2 Å². The number of alkyl halides is 1. The van der Waals surface area contributed by atoms with Crippen LogP contribution in [0, 0.1) is 0 Å². The quantitative estimate of drug-likeness (QED) is 0.570. The average molecular weight is 384 g/mol. The van der Waals surface area contributed by atoms with E-state index in [4.69, 9.17) is 16.3 Å². The molecule has 2 fully saturated rings. The number of halogens is 1. The molecule has 1 aliphatic carbocycles. The Labute approximate surface area is 155 Å². The van der Waals surface area contributed by atoms with Gasteiger partial charge in [0.2, 0.25) is 5.06 Å². The molecule has 0 unspecified atom stereocenters. The molecule has 4 atom stereocenters. The summed E-state index contributed by atoms with van der Waals surface area (Å²) < 4.78 is 6.99. The molecule has 0 radical (unpaired) electrons. The lowest BCUT2D eigenvalue weighted by atomic mass is 9.95. The van der Waals surface area contributed by atoms with Gasteiger partial charge in [-0.1, -0.05) is 30.9 Å². The largest absolute Gasteiger partial charge is 0.394 e. The molecule has 3 heterocycles. The minimum Gasteiger partial charge on any atom is -0.394 e. The summed E-state index contributed by atoms with van der Waals surface area (Å²) in [7, 11) is 0. The number of hydrogen-bond acceptors (Lipinski definition) is 8. The van der Waals surface area contributed by atoms with Gasteiger partial charge in [-0.25, -0.2) is 15.0 Å². The van der Waals surface area contributed by atoms with Gasteiger partial charge in [-0.2, -0.15) is 0 Å². The normalized spacial score (nSPS) is 33.0. The summed E-state index contributed by atoms with van der Waals surface area (Å²) >= 11 is 6.11. The molecule has 142 valence electrons. The number of ether oxygens (including phenoxy) is 1. The van der Waals surface area contributed by atoms with Crippen molar-refractivity contribution in [3.63, 3.8) is 0 Å². The zero-order chi connectivity index (χ0) is 18.3. The predicted octanol–water partition coefficient (Wildman–Crippen LogP) is 0.749. The molecule has 2 aromatic heterocycles. The molecule has 1 aliphatic heterocycles. The number of aliphatic hydroxyl groups is 3.